The molecule has 7 nitrogen and oxygen atoms in total. The number of nitrogens with zero attached hydrogens (tertiary/aromatic N) is 3. The van der Waals surface area contributed by atoms with Gasteiger partial charge in [-0.3, -0.25) is 14.5 Å². The van der Waals surface area contributed by atoms with Gasteiger partial charge in [-0.1, -0.05) is 41.2 Å². The summed E-state index contributed by atoms with van der Waals surface area (Å²) >= 11 is 1.23. The molecule has 32 heavy (non-hydrogen) atoms. The highest BCUT2D eigenvalue weighted by Gasteiger charge is 2.48. The number of aryl methyl sites for hydroxylation is 2. The van der Waals surface area contributed by atoms with Crippen LogP contribution in [-0.4, -0.2) is 33.1 Å². The molecule has 8 heteroatoms. The van der Waals surface area contributed by atoms with Crippen LogP contribution in [0.5, 0.6) is 5.75 Å². The average Bonchev–Trinajstić information content (AvgIpc) is 3.43. The molecule has 1 fully saturated rings. The van der Waals surface area contributed by atoms with E-state index in [1.807, 2.05) is 44.2 Å². The molecule has 2 aliphatic rings. The number of aliphatic hydroxyl groups excluding tert-OH is 1. The number of fused-ring (bicyclic) bond motifs is 1. The molecule has 3 aromatic rings. The second-order valence-electron chi connectivity index (χ2n) is 8.14. The maximum absolute atomic E-state index is 13.2. The van der Waals surface area contributed by atoms with E-state index in [-0.39, 0.29) is 17.4 Å². The third-order valence-electron chi connectivity index (χ3n) is 5.73. The second-order valence-corrected chi connectivity index (χ2v) is 9.30. The van der Waals surface area contributed by atoms with E-state index in [0.717, 1.165) is 23.3 Å². The minimum absolute atomic E-state index is 0.0404. The largest absolute Gasteiger partial charge is 0.507 e. The molecule has 3 heterocycles. The summed E-state index contributed by atoms with van der Waals surface area (Å²) in [6.07, 6.45) is 0.775. The van der Waals surface area contributed by atoms with Gasteiger partial charge in [-0.2, -0.15) is 0 Å². The van der Waals surface area contributed by atoms with Crippen molar-refractivity contribution in [2.45, 2.75) is 39.3 Å². The summed E-state index contributed by atoms with van der Waals surface area (Å²) in [6.45, 7) is 5.72. The Kier molecular flexibility index (Phi) is 4.82. The highest BCUT2D eigenvalue weighted by Crippen LogP contribution is 2.43. The van der Waals surface area contributed by atoms with E-state index < -0.39 is 17.7 Å². The fraction of sp³-hybridized carbons (Fsp3) is 0.250. The van der Waals surface area contributed by atoms with Crippen LogP contribution in [0, 0.1) is 13.8 Å². The van der Waals surface area contributed by atoms with Crippen molar-refractivity contribution in [2.75, 3.05) is 4.90 Å². The highest BCUT2D eigenvalue weighted by molar-refractivity contribution is 7.15. The monoisotopic (exact) mass is 447 g/mol. The van der Waals surface area contributed by atoms with Gasteiger partial charge >= 0.3 is 5.91 Å². The SMILES string of the molecule is Cc1ccc([C@@H]2C(=C(O)c3ccc4c(c3)C[C@H](C)O4)C(=O)C(=O)N2c2nnc(C)s2)cc1. The van der Waals surface area contributed by atoms with E-state index in [1.54, 1.807) is 19.1 Å². The Hall–Kier alpha value is -3.52. The summed E-state index contributed by atoms with van der Waals surface area (Å²) in [5.74, 6) is -0.911. The summed E-state index contributed by atoms with van der Waals surface area (Å²) in [6, 6.07) is 12.1. The van der Waals surface area contributed by atoms with Gasteiger partial charge in [0.1, 0.15) is 22.6 Å². The molecule has 1 saturated heterocycles. The Morgan fingerprint density at radius 3 is 2.56 bits per heavy atom. The van der Waals surface area contributed by atoms with Crippen LogP contribution in [0.1, 0.15) is 40.2 Å². The number of amides is 1. The molecule has 0 aliphatic carbocycles. The van der Waals surface area contributed by atoms with Crippen LogP contribution in [0.2, 0.25) is 0 Å². The quantitative estimate of drug-likeness (QED) is 0.369. The van der Waals surface area contributed by atoms with Gasteiger partial charge in [-0.05, 0) is 50.1 Å². The number of carbonyl (C=O) groups is 2. The summed E-state index contributed by atoms with van der Waals surface area (Å²) in [7, 11) is 0. The Bertz CT molecular complexity index is 1280. The standard InChI is InChI=1S/C24H21N3O4S/c1-12-4-6-15(7-5-12)20-19(22(29)23(30)27(20)24-26-25-14(3)32-24)21(28)16-8-9-18-17(11-16)10-13(2)31-18/h4-9,11,13,20,28H,10H2,1-3H3/t13-,20+/m0/s1. The molecule has 0 saturated carbocycles. The lowest BCUT2D eigenvalue weighted by atomic mass is 9.94. The molecule has 1 aromatic heterocycles. The van der Waals surface area contributed by atoms with Gasteiger partial charge < -0.3 is 9.84 Å². The van der Waals surface area contributed by atoms with Gasteiger partial charge in [0.25, 0.3) is 5.78 Å². The molecule has 2 aliphatic heterocycles. The predicted molar refractivity (Wildman–Crippen MR) is 121 cm³/mol. The van der Waals surface area contributed by atoms with Gasteiger partial charge in [-0.25, -0.2) is 0 Å². The number of ketones is 1. The fourth-order valence-electron chi connectivity index (χ4n) is 4.20. The Balaban J connectivity index is 1.68. The van der Waals surface area contributed by atoms with Crippen LogP contribution in [-0.2, 0) is 16.0 Å². The zero-order valence-corrected chi connectivity index (χ0v) is 18.6. The first kappa shape index (κ1) is 20.4. The lowest BCUT2D eigenvalue weighted by Crippen LogP contribution is -2.29. The van der Waals surface area contributed by atoms with Crippen molar-refractivity contribution < 1.29 is 19.4 Å². The smallest absolute Gasteiger partial charge is 0.301 e. The zero-order chi connectivity index (χ0) is 22.6. The molecular formula is C24H21N3O4S. The summed E-state index contributed by atoms with van der Waals surface area (Å²) in [5, 5.41) is 20.4. The Labute approximate surface area is 189 Å². The van der Waals surface area contributed by atoms with E-state index in [0.29, 0.717) is 21.3 Å². The first-order chi connectivity index (χ1) is 15.3. The molecule has 1 amide bonds. The van der Waals surface area contributed by atoms with E-state index in [2.05, 4.69) is 10.2 Å². The number of aliphatic hydroxyl groups is 1. The van der Waals surface area contributed by atoms with Crippen LogP contribution >= 0.6 is 11.3 Å². The number of Topliss-reactive ketones (excluding diaryl/α,β-unsaturated/α-hetero) is 1. The minimum Gasteiger partial charge on any atom is -0.507 e. The number of anilines is 1. The summed E-state index contributed by atoms with van der Waals surface area (Å²) in [4.78, 5) is 27.6. The number of benzene rings is 2. The number of ether oxygens (including phenoxy) is 1. The molecule has 1 N–H and O–H groups in total. The predicted octanol–water partition coefficient (Wildman–Crippen LogP) is 4.10. The second kappa shape index (κ2) is 7.56. The minimum atomic E-state index is -0.800. The van der Waals surface area contributed by atoms with Crippen molar-refractivity contribution in [3.8, 4) is 5.75 Å². The molecular weight excluding hydrogens is 426 g/mol. The van der Waals surface area contributed by atoms with Crippen molar-refractivity contribution >= 4 is 33.9 Å². The molecule has 5 rings (SSSR count). The summed E-state index contributed by atoms with van der Waals surface area (Å²) < 4.78 is 5.74. The molecule has 0 unspecified atom stereocenters. The molecule has 0 bridgehead atoms. The number of aromatic nitrogens is 2. The van der Waals surface area contributed by atoms with Gasteiger partial charge in [-0.15, -0.1) is 10.2 Å². The Morgan fingerprint density at radius 1 is 1.12 bits per heavy atom. The van der Waals surface area contributed by atoms with Crippen LogP contribution < -0.4 is 9.64 Å². The maximum atomic E-state index is 13.2. The molecule has 162 valence electrons. The van der Waals surface area contributed by atoms with Crippen LogP contribution in [0.25, 0.3) is 5.76 Å². The van der Waals surface area contributed by atoms with Crippen LogP contribution in [0.3, 0.4) is 0 Å². The van der Waals surface area contributed by atoms with Crippen LogP contribution in [0.15, 0.2) is 48.0 Å². The average molecular weight is 448 g/mol. The fourth-order valence-corrected chi connectivity index (χ4v) is 4.92. The first-order valence-corrected chi connectivity index (χ1v) is 11.1. The van der Waals surface area contributed by atoms with Crippen LogP contribution in [0.4, 0.5) is 5.13 Å². The normalized spacial score (nSPS) is 21.7. The first-order valence-electron chi connectivity index (χ1n) is 10.3. The number of carbonyl (C=O) groups excluding carboxylic acids is 2. The van der Waals surface area contributed by atoms with E-state index in [9.17, 15) is 14.7 Å². The lowest BCUT2D eigenvalue weighted by Gasteiger charge is -2.22. The number of hydrogen-bond donors (Lipinski definition) is 1. The topological polar surface area (TPSA) is 92.6 Å². The molecule has 0 radical (unpaired) electrons. The van der Waals surface area contributed by atoms with Gasteiger partial charge in [0.15, 0.2) is 0 Å². The van der Waals surface area contributed by atoms with E-state index in [1.165, 1.54) is 16.2 Å². The zero-order valence-electron chi connectivity index (χ0n) is 17.8. The molecule has 0 spiro atoms. The van der Waals surface area contributed by atoms with Gasteiger partial charge in [0.2, 0.25) is 5.13 Å². The Morgan fingerprint density at radius 2 is 1.88 bits per heavy atom. The van der Waals surface area contributed by atoms with Gasteiger partial charge in [0.05, 0.1) is 11.6 Å². The number of rotatable bonds is 3. The third kappa shape index (κ3) is 3.27. The van der Waals surface area contributed by atoms with Crippen molar-refractivity contribution in [2.24, 2.45) is 0 Å². The highest BCUT2D eigenvalue weighted by atomic mass is 32.1. The molecule has 2 atom stereocenters. The maximum Gasteiger partial charge on any atom is 0.301 e. The lowest BCUT2D eigenvalue weighted by molar-refractivity contribution is -0.132. The van der Waals surface area contributed by atoms with Crippen molar-refractivity contribution in [3.05, 3.63) is 75.3 Å². The van der Waals surface area contributed by atoms with Crippen molar-refractivity contribution in [1.82, 2.24) is 10.2 Å². The van der Waals surface area contributed by atoms with Crippen molar-refractivity contribution in [3.63, 3.8) is 0 Å². The van der Waals surface area contributed by atoms with Gasteiger partial charge in [0, 0.05) is 12.0 Å². The van der Waals surface area contributed by atoms with E-state index in [4.69, 9.17) is 4.74 Å². The molecule has 2 aromatic carbocycles. The third-order valence-corrected chi connectivity index (χ3v) is 6.57. The van der Waals surface area contributed by atoms with E-state index >= 15 is 0 Å². The van der Waals surface area contributed by atoms with Crippen molar-refractivity contribution in [1.29, 1.82) is 0 Å². The summed E-state index contributed by atoms with van der Waals surface area (Å²) in [5.41, 5.74) is 3.23. The number of hydrogen-bond acceptors (Lipinski definition) is 7.